The van der Waals surface area contributed by atoms with Crippen molar-refractivity contribution in [2.45, 2.75) is 19.4 Å². The molecule has 0 aromatic carbocycles. The molecule has 1 aromatic rings. The van der Waals surface area contributed by atoms with Gasteiger partial charge < -0.3 is 15.4 Å². The van der Waals surface area contributed by atoms with Gasteiger partial charge in [-0.05, 0) is 6.42 Å². The molecule has 0 saturated carbocycles. The molecular formula is C9H11N3O4. The summed E-state index contributed by atoms with van der Waals surface area (Å²) < 4.78 is 0. The van der Waals surface area contributed by atoms with E-state index < -0.39 is 23.5 Å². The number of carboxylic acid groups (broad SMARTS) is 1. The summed E-state index contributed by atoms with van der Waals surface area (Å²) in [6.45, 7) is 1.64. The van der Waals surface area contributed by atoms with Gasteiger partial charge in [0.25, 0.3) is 11.5 Å². The highest BCUT2D eigenvalue weighted by molar-refractivity contribution is 5.94. The van der Waals surface area contributed by atoms with Gasteiger partial charge in [0.2, 0.25) is 0 Å². The average Bonchev–Trinajstić information content (AvgIpc) is 2.26. The number of carbonyl (C=O) groups is 2. The maximum Gasteiger partial charge on any atom is 0.326 e. The molecule has 0 aliphatic carbocycles. The minimum atomic E-state index is -1.11. The van der Waals surface area contributed by atoms with E-state index in [0.717, 1.165) is 12.4 Å². The number of aliphatic carboxylic acids is 1. The number of amides is 1. The molecule has 0 aliphatic heterocycles. The standard InChI is InChI=1S/C9H11N3O4/c1-2-5(9(15)16)12-8(14)6-3-11-7(13)4-10-6/h3-5H,2H2,1H3,(H,11,13)(H,12,14)(H,15,16). The fraction of sp³-hybridized carbons (Fsp3) is 0.333. The Morgan fingerprint density at radius 3 is 2.75 bits per heavy atom. The number of carbonyl (C=O) groups excluding carboxylic acids is 1. The molecule has 1 unspecified atom stereocenters. The number of H-pyrrole nitrogens is 1. The number of carboxylic acids is 1. The van der Waals surface area contributed by atoms with Crippen molar-refractivity contribution < 1.29 is 14.7 Å². The van der Waals surface area contributed by atoms with Crippen molar-refractivity contribution in [3.63, 3.8) is 0 Å². The molecule has 0 aliphatic rings. The molecule has 1 aromatic heterocycles. The normalized spacial score (nSPS) is 11.8. The SMILES string of the molecule is CCC(NC(=O)c1c[nH]c(=O)cn1)C(=O)O. The minimum Gasteiger partial charge on any atom is -0.480 e. The van der Waals surface area contributed by atoms with E-state index >= 15 is 0 Å². The lowest BCUT2D eigenvalue weighted by Gasteiger charge is -2.11. The zero-order chi connectivity index (χ0) is 12.1. The molecule has 7 nitrogen and oxygen atoms in total. The molecule has 16 heavy (non-hydrogen) atoms. The third kappa shape index (κ3) is 2.91. The summed E-state index contributed by atoms with van der Waals surface area (Å²) in [4.78, 5) is 38.7. The molecule has 7 heteroatoms. The summed E-state index contributed by atoms with van der Waals surface area (Å²) in [5, 5.41) is 11.0. The lowest BCUT2D eigenvalue weighted by atomic mass is 10.2. The Morgan fingerprint density at radius 1 is 1.62 bits per heavy atom. The second-order valence-corrected chi connectivity index (χ2v) is 3.07. The maximum atomic E-state index is 11.5. The molecule has 1 atom stereocenters. The van der Waals surface area contributed by atoms with Crippen LogP contribution in [-0.4, -0.2) is 33.0 Å². The molecule has 3 N–H and O–H groups in total. The van der Waals surface area contributed by atoms with Crippen molar-refractivity contribution >= 4 is 11.9 Å². The molecule has 1 rings (SSSR count). The topological polar surface area (TPSA) is 112 Å². The van der Waals surface area contributed by atoms with Crippen molar-refractivity contribution in [1.82, 2.24) is 15.3 Å². The van der Waals surface area contributed by atoms with Gasteiger partial charge in [-0.25, -0.2) is 9.78 Å². The van der Waals surface area contributed by atoms with E-state index in [1.807, 2.05) is 0 Å². The van der Waals surface area contributed by atoms with Gasteiger partial charge in [0.05, 0.1) is 6.20 Å². The quantitative estimate of drug-likeness (QED) is 0.631. The highest BCUT2D eigenvalue weighted by Gasteiger charge is 2.18. The fourth-order valence-corrected chi connectivity index (χ4v) is 1.04. The Hall–Kier alpha value is -2.18. The number of aromatic amines is 1. The zero-order valence-electron chi connectivity index (χ0n) is 8.56. The molecule has 1 amide bonds. The van der Waals surface area contributed by atoms with Crippen LogP contribution in [0.25, 0.3) is 0 Å². The summed E-state index contributed by atoms with van der Waals surface area (Å²) in [6.07, 6.45) is 2.35. The van der Waals surface area contributed by atoms with E-state index in [4.69, 9.17) is 5.11 Å². The van der Waals surface area contributed by atoms with Crippen LogP contribution in [0.1, 0.15) is 23.8 Å². The third-order valence-electron chi connectivity index (χ3n) is 1.92. The van der Waals surface area contributed by atoms with Gasteiger partial charge in [0.15, 0.2) is 0 Å². The van der Waals surface area contributed by atoms with Gasteiger partial charge in [0.1, 0.15) is 11.7 Å². The Labute approximate surface area is 90.5 Å². The van der Waals surface area contributed by atoms with E-state index in [1.54, 1.807) is 6.92 Å². The van der Waals surface area contributed by atoms with Crippen LogP contribution in [0, 0.1) is 0 Å². The summed E-state index contributed by atoms with van der Waals surface area (Å²) in [5.41, 5.74) is -0.457. The Kier molecular flexibility index (Phi) is 3.76. The van der Waals surface area contributed by atoms with Crippen LogP contribution in [0.5, 0.6) is 0 Å². The number of nitrogens with zero attached hydrogens (tertiary/aromatic N) is 1. The Morgan fingerprint density at radius 2 is 2.31 bits per heavy atom. The van der Waals surface area contributed by atoms with Crippen LogP contribution in [0.3, 0.4) is 0 Å². The van der Waals surface area contributed by atoms with Crippen LogP contribution in [0.2, 0.25) is 0 Å². The van der Waals surface area contributed by atoms with Gasteiger partial charge in [-0.15, -0.1) is 0 Å². The highest BCUT2D eigenvalue weighted by atomic mass is 16.4. The smallest absolute Gasteiger partial charge is 0.326 e. The first-order valence-electron chi connectivity index (χ1n) is 4.63. The molecule has 0 radical (unpaired) electrons. The Balaban J connectivity index is 2.75. The van der Waals surface area contributed by atoms with Gasteiger partial charge in [-0.2, -0.15) is 0 Å². The largest absolute Gasteiger partial charge is 0.480 e. The van der Waals surface area contributed by atoms with Crippen LogP contribution < -0.4 is 10.9 Å². The van der Waals surface area contributed by atoms with Crippen molar-refractivity contribution in [2.75, 3.05) is 0 Å². The van der Waals surface area contributed by atoms with Crippen molar-refractivity contribution in [3.8, 4) is 0 Å². The van der Waals surface area contributed by atoms with Crippen molar-refractivity contribution in [3.05, 3.63) is 28.4 Å². The van der Waals surface area contributed by atoms with Crippen LogP contribution in [-0.2, 0) is 4.79 Å². The van der Waals surface area contributed by atoms with E-state index in [0.29, 0.717) is 0 Å². The van der Waals surface area contributed by atoms with Crippen LogP contribution in [0.15, 0.2) is 17.2 Å². The third-order valence-corrected chi connectivity index (χ3v) is 1.92. The predicted octanol–water partition coefficient (Wildman–Crippen LogP) is -0.637. The van der Waals surface area contributed by atoms with Gasteiger partial charge in [-0.3, -0.25) is 9.59 Å². The van der Waals surface area contributed by atoms with Gasteiger partial charge >= 0.3 is 5.97 Å². The van der Waals surface area contributed by atoms with E-state index in [9.17, 15) is 14.4 Å². The molecule has 1 heterocycles. The van der Waals surface area contributed by atoms with Gasteiger partial charge in [-0.1, -0.05) is 6.92 Å². The highest BCUT2D eigenvalue weighted by Crippen LogP contribution is 1.94. The minimum absolute atomic E-state index is 0.0284. The molecule has 0 fully saturated rings. The maximum absolute atomic E-state index is 11.5. The number of nitrogens with one attached hydrogen (secondary N) is 2. The average molecular weight is 225 g/mol. The molecule has 0 saturated heterocycles. The van der Waals surface area contributed by atoms with E-state index in [-0.39, 0.29) is 12.1 Å². The Bertz CT molecular complexity index is 434. The van der Waals surface area contributed by atoms with Crippen LogP contribution in [0.4, 0.5) is 0 Å². The van der Waals surface area contributed by atoms with Crippen molar-refractivity contribution in [2.24, 2.45) is 0 Å². The zero-order valence-corrected chi connectivity index (χ0v) is 8.56. The summed E-state index contributed by atoms with van der Waals surface area (Å²) in [7, 11) is 0. The monoisotopic (exact) mass is 225 g/mol. The summed E-state index contributed by atoms with van der Waals surface area (Å²) >= 11 is 0. The van der Waals surface area contributed by atoms with E-state index in [1.165, 1.54) is 0 Å². The summed E-state index contributed by atoms with van der Waals surface area (Å²) in [5.74, 6) is -1.74. The first kappa shape index (κ1) is 11.9. The number of hydrogen-bond donors (Lipinski definition) is 3. The van der Waals surface area contributed by atoms with E-state index in [2.05, 4.69) is 15.3 Å². The number of rotatable bonds is 4. The first-order chi connectivity index (χ1) is 7.54. The fourth-order valence-electron chi connectivity index (χ4n) is 1.04. The second kappa shape index (κ2) is 5.06. The predicted molar refractivity (Wildman–Crippen MR) is 54.0 cm³/mol. The van der Waals surface area contributed by atoms with Gasteiger partial charge in [0, 0.05) is 6.20 Å². The second-order valence-electron chi connectivity index (χ2n) is 3.07. The molecule has 0 spiro atoms. The van der Waals surface area contributed by atoms with Crippen molar-refractivity contribution in [1.29, 1.82) is 0 Å². The summed E-state index contributed by atoms with van der Waals surface area (Å²) in [6, 6.07) is -0.957. The number of aromatic nitrogens is 2. The molecule has 0 bridgehead atoms. The lowest BCUT2D eigenvalue weighted by molar-refractivity contribution is -0.139. The van der Waals surface area contributed by atoms with Crippen LogP contribution >= 0.6 is 0 Å². The number of hydrogen-bond acceptors (Lipinski definition) is 4. The molecular weight excluding hydrogens is 214 g/mol. The lowest BCUT2D eigenvalue weighted by Crippen LogP contribution is -2.40. The molecule has 86 valence electrons. The first-order valence-corrected chi connectivity index (χ1v) is 4.63.